The maximum atomic E-state index is 12.7. The summed E-state index contributed by atoms with van der Waals surface area (Å²) in [5.74, 6) is 0.191. The number of carbonyl (C=O) groups excluding carboxylic acids is 2. The number of hydrogen-bond acceptors (Lipinski definition) is 4. The van der Waals surface area contributed by atoms with Gasteiger partial charge in [0.15, 0.2) is 0 Å². The molecule has 6 nitrogen and oxygen atoms in total. The van der Waals surface area contributed by atoms with Gasteiger partial charge >= 0.3 is 0 Å². The molecule has 3 heterocycles. The predicted octanol–water partition coefficient (Wildman–Crippen LogP) is 1.46. The van der Waals surface area contributed by atoms with E-state index in [1.54, 1.807) is 0 Å². The van der Waals surface area contributed by atoms with Crippen LogP contribution >= 0.6 is 0 Å². The van der Waals surface area contributed by atoms with E-state index in [-0.39, 0.29) is 30.0 Å². The lowest BCUT2D eigenvalue weighted by Crippen LogP contribution is -2.53. The smallest absolute Gasteiger partial charge is 0.237 e. The lowest BCUT2D eigenvalue weighted by atomic mass is 10.0. The maximum Gasteiger partial charge on any atom is 0.237 e. The van der Waals surface area contributed by atoms with E-state index in [1.807, 2.05) is 30.0 Å². The number of nitrogens with one attached hydrogen (secondary N) is 1. The number of likely N-dealkylation sites (tertiary alicyclic amines) is 2. The molecule has 0 aliphatic carbocycles. The fraction of sp³-hybridized carbons (Fsp3) is 0.600. The average molecular weight is 357 g/mol. The molecular weight excluding hydrogens is 330 g/mol. The number of amides is 2. The van der Waals surface area contributed by atoms with Crippen molar-refractivity contribution in [2.24, 2.45) is 0 Å². The number of rotatable bonds is 5. The summed E-state index contributed by atoms with van der Waals surface area (Å²) in [6.45, 7) is 5.86. The molecule has 3 aliphatic heterocycles. The van der Waals surface area contributed by atoms with Crippen molar-refractivity contribution < 1.29 is 14.3 Å². The van der Waals surface area contributed by atoms with Crippen LogP contribution in [0.1, 0.15) is 43.4 Å². The van der Waals surface area contributed by atoms with Crippen LogP contribution in [0.3, 0.4) is 0 Å². The number of hydrogen-bond donors (Lipinski definition) is 1. The van der Waals surface area contributed by atoms with Crippen molar-refractivity contribution in [3.63, 3.8) is 0 Å². The van der Waals surface area contributed by atoms with E-state index < -0.39 is 0 Å². The Kier molecular flexibility index (Phi) is 4.96. The third kappa shape index (κ3) is 3.48. The van der Waals surface area contributed by atoms with Crippen LogP contribution in [0.15, 0.2) is 24.3 Å². The molecule has 0 spiro atoms. The SMILES string of the molecule is CC(C(=O)N[C@@H]1CCN(C(=O)CC2OCc3ccccc32)C1)N1CCC1. The zero-order chi connectivity index (χ0) is 18.1. The van der Waals surface area contributed by atoms with E-state index >= 15 is 0 Å². The standard InChI is InChI=1S/C20H27N3O3/c1-14(22-8-4-9-22)20(25)21-16-7-10-23(12-16)19(24)11-18-17-6-3-2-5-15(17)13-26-18/h2-3,5-6,14,16,18H,4,7-13H2,1H3,(H,21,25)/t14?,16-,18?/m1/s1. The Labute approximate surface area is 154 Å². The minimum absolute atomic E-state index is 0.0620. The summed E-state index contributed by atoms with van der Waals surface area (Å²) in [4.78, 5) is 29.1. The molecule has 1 N–H and O–H groups in total. The molecule has 2 fully saturated rings. The predicted molar refractivity (Wildman–Crippen MR) is 97.4 cm³/mol. The Morgan fingerprint density at radius 1 is 1.27 bits per heavy atom. The summed E-state index contributed by atoms with van der Waals surface area (Å²) in [6.07, 6.45) is 2.24. The van der Waals surface area contributed by atoms with Gasteiger partial charge in [0, 0.05) is 32.2 Å². The highest BCUT2D eigenvalue weighted by molar-refractivity contribution is 5.82. The second-order valence-electron chi connectivity index (χ2n) is 7.60. The summed E-state index contributed by atoms with van der Waals surface area (Å²) in [5.41, 5.74) is 2.31. The van der Waals surface area contributed by atoms with Crippen molar-refractivity contribution in [1.29, 1.82) is 0 Å². The normalized spacial score (nSPS) is 26.3. The molecule has 3 aliphatic rings. The van der Waals surface area contributed by atoms with E-state index in [4.69, 9.17) is 4.74 Å². The first kappa shape index (κ1) is 17.5. The second kappa shape index (κ2) is 7.37. The van der Waals surface area contributed by atoms with Crippen LogP contribution in [0.4, 0.5) is 0 Å². The average Bonchev–Trinajstić information content (AvgIpc) is 3.21. The largest absolute Gasteiger partial charge is 0.368 e. The minimum atomic E-state index is -0.140. The summed E-state index contributed by atoms with van der Waals surface area (Å²) < 4.78 is 5.80. The highest BCUT2D eigenvalue weighted by atomic mass is 16.5. The molecule has 2 unspecified atom stereocenters. The van der Waals surface area contributed by atoms with Crippen molar-refractivity contribution in [2.75, 3.05) is 26.2 Å². The topological polar surface area (TPSA) is 61.9 Å². The van der Waals surface area contributed by atoms with Gasteiger partial charge in [-0.2, -0.15) is 0 Å². The van der Waals surface area contributed by atoms with Crippen molar-refractivity contribution in [1.82, 2.24) is 15.1 Å². The van der Waals surface area contributed by atoms with Gasteiger partial charge in [-0.25, -0.2) is 0 Å². The van der Waals surface area contributed by atoms with Gasteiger partial charge in [-0.1, -0.05) is 24.3 Å². The molecule has 3 atom stereocenters. The van der Waals surface area contributed by atoms with Gasteiger partial charge < -0.3 is 15.0 Å². The molecule has 0 bridgehead atoms. The van der Waals surface area contributed by atoms with Crippen molar-refractivity contribution >= 4 is 11.8 Å². The van der Waals surface area contributed by atoms with Gasteiger partial charge in [-0.3, -0.25) is 14.5 Å². The number of fused-ring (bicyclic) bond motifs is 1. The van der Waals surface area contributed by atoms with Crippen LogP contribution in [0, 0.1) is 0 Å². The molecule has 26 heavy (non-hydrogen) atoms. The van der Waals surface area contributed by atoms with Crippen molar-refractivity contribution in [2.45, 2.75) is 51.0 Å². The first-order valence-corrected chi connectivity index (χ1v) is 9.63. The number of nitrogens with zero attached hydrogens (tertiary/aromatic N) is 2. The molecule has 0 saturated carbocycles. The van der Waals surface area contributed by atoms with Crippen molar-refractivity contribution in [3.05, 3.63) is 35.4 Å². The van der Waals surface area contributed by atoms with E-state index in [2.05, 4.69) is 16.3 Å². The van der Waals surface area contributed by atoms with E-state index in [0.717, 1.165) is 25.1 Å². The van der Waals surface area contributed by atoms with E-state index in [0.29, 0.717) is 26.1 Å². The van der Waals surface area contributed by atoms with Crippen LogP contribution in [0.25, 0.3) is 0 Å². The molecular formula is C20H27N3O3. The zero-order valence-corrected chi connectivity index (χ0v) is 15.3. The number of carbonyl (C=O) groups is 2. The molecule has 1 aromatic carbocycles. The summed E-state index contributed by atoms with van der Waals surface area (Å²) >= 11 is 0. The van der Waals surface area contributed by atoms with Crippen LogP contribution in [-0.4, -0.2) is 59.9 Å². The van der Waals surface area contributed by atoms with Crippen LogP contribution in [-0.2, 0) is 20.9 Å². The number of benzene rings is 1. The molecule has 140 valence electrons. The molecule has 2 saturated heterocycles. The highest BCUT2D eigenvalue weighted by Gasteiger charge is 2.33. The van der Waals surface area contributed by atoms with Crippen molar-refractivity contribution in [3.8, 4) is 0 Å². The lowest BCUT2D eigenvalue weighted by molar-refractivity contribution is -0.133. The third-order valence-electron chi connectivity index (χ3n) is 5.91. The first-order valence-electron chi connectivity index (χ1n) is 9.63. The Hall–Kier alpha value is -1.92. The Bertz CT molecular complexity index is 689. The highest BCUT2D eigenvalue weighted by Crippen LogP contribution is 2.33. The molecule has 6 heteroatoms. The Balaban J connectivity index is 1.27. The second-order valence-corrected chi connectivity index (χ2v) is 7.60. The monoisotopic (exact) mass is 357 g/mol. The Morgan fingerprint density at radius 3 is 2.85 bits per heavy atom. The Morgan fingerprint density at radius 2 is 2.08 bits per heavy atom. The summed E-state index contributed by atoms with van der Waals surface area (Å²) in [6, 6.07) is 8.08. The molecule has 1 aromatic rings. The van der Waals surface area contributed by atoms with Gasteiger partial charge in [0.2, 0.25) is 11.8 Å². The first-order chi connectivity index (χ1) is 12.6. The minimum Gasteiger partial charge on any atom is -0.368 e. The van der Waals surface area contributed by atoms with Gasteiger partial charge in [0.1, 0.15) is 0 Å². The maximum absolute atomic E-state index is 12.7. The summed E-state index contributed by atoms with van der Waals surface area (Å²) in [5, 5.41) is 3.12. The zero-order valence-electron chi connectivity index (χ0n) is 15.3. The van der Waals surface area contributed by atoms with E-state index in [1.165, 1.54) is 12.0 Å². The quantitative estimate of drug-likeness (QED) is 0.867. The number of ether oxygens (including phenoxy) is 1. The van der Waals surface area contributed by atoms with Gasteiger partial charge in [-0.15, -0.1) is 0 Å². The van der Waals surface area contributed by atoms with Gasteiger partial charge in [0.25, 0.3) is 0 Å². The lowest BCUT2D eigenvalue weighted by Gasteiger charge is -2.35. The van der Waals surface area contributed by atoms with Gasteiger partial charge in [-0.05, 0) is 30.9 Å². The molecule has 0 aromatic heterocycles. The molecule has 2 amide bonds. The molecule has 0 radical (unpaired) electrons. The van der Waals surface area contributed by atoms with E-state index in [9.17, 15) is 9.59 Å². The van der Waals surface area contributed by atoms with Crippen LogP contribution < -0.4 is 5.32 Å². The fourth-order valence-corrected chi connectivity index (χ4v) is 4.04. The summed E-state index contributed by atoms with van der Waals surface area (Å²) in [7, 11) is 0. The van der Waals surface area contributed by atoms with Crippen LogP contribution in [0.2, 0.25) is 0 Å². The third-order valence-corrected chi connectivity index (χ3v) is 5.91. The molecule has 4 rings (SSSR count). The van der Waals surface area contributed by atoms with Gasteiger partial charge in [0.05, 0.1) is 25.2 Å². The fourth-order valence-electron chi connectivity index (χ4n) is 4.04. The van der Waals surface area contributed by atoms with Crippen LogP contribution in [0.5, 0.6) is 0 Å².